The van der Waals surface area contributed by atoms with Gasteiger partial charge in [0.2, 0.25) is 0 Å². The first-order valence-corrected chi connectivity index (χ1v) is 16.0. The number of piperidine rings is 2. The van der Waals surface area contributed by atoms with E-state index in [1.165, 1.54) is 16.9 Å². The Balaban J connectivity index is 1.10. The number of halogens is 1. The van der Waals surface area contributed by atoms with Crippen molar-refractivity contribution in [2.45, 2.75) is 64.0 Å². The predicted molar refractivity (Wildman–Crippen MR) is 166 cm³/mol. The van der Waals surface area contributed by atoms with E-state index in [0.717, 1.165) is 57.6 Å². The van der Waals surface area contributed by atoms with Crippen molar-refractivity contribution in [1.29, 1.82) is 0 Å². The summed E-state index contributed by atoms with van der Waals surface area (Å²) in [6.07, 6.45) is 5.43. The number of carbonyl (C=O) groups is 1. The SMILES string of the molecule is CN1C[C@H](Nc2nc3sccn3c(=O)c2Br)C[C@H](c2ccc(OCCC3CCN(C(=O)OC(C)(C)C)CC3)cc2)C1. The quantitative estimate of drug-likeness (QED) is 0.346. The third kappa shape index (κ3) is 7.61. The summed E-state index contributed by atoms with van der Waals surface area (Å²) in [5.74, 6) is 2.41. The van der Waals surface area contributed by atoms with Crippen LogP contribution in [-0.4, -0.2) is 76.8 Å². The number of rotatable bonds is 7. The van der Waals surface area contributed by atoms with Gasteiger partial charge in [-0.15, -0.1) is 11.3 Å². The lowest BCUT2D eigenvalue weighted by Crippen LogP contribution is -2.43. The molecule has 4 heterocycles. The van der Waals surface area contributed by atoms with Gasteiger partial charge in [0.15, 0.2) is 4.96 Å². The Morgan fingerprint density at radius 1 is 1.17 bits per heavy atom. The summed E-state index contributed by atoms with van der Waals surface area (Å²) in [5, 5.41) is 5.40. The molecule has 2 fully saturated rings. The van der Waals surface area contributed by atoms with Gasteiger partial charge in [-0.1, -0.05) is 12.1 Å². The highest BCUT2D eigenvalue weighted by Gasteiger charge is 2.29. The predicted octanol–water partition coefficient (Wildman–Crippen LogP) is 5.83. The monoisotopic (exact) mass is 645 g/mol. The summed E-state index contributed by atoms with van der Waals surface area (Å²) in [6.45, 7) is 9.72. The number of fused-ring (bicyclic) bond motifs is 1. The fourth-order valence-electron chi connectivity index (χ4n) is 5.72. The molecule has 3 aromatic rings. The van der Waals surface area contributed by atoms with E-state index in [0.29, 0.717) is 33.7 Å². The van der Waals surface area contributed by atoms with Crippen LogP contribution in [0.25, 0.3) is 4.96 Å². The van der Waals surface area contributed by atoms with Crippen LogP contribution in [0.15, 0.2) is 45.1 Å². The van der Waals surface area contributed by atoms with E-state index in [2.05, 4.69) is 62.4 Å². The standard InChI is InChI=1S/C30H40BrN5O4S/c1-30(2,3)40-29(38)35-12-9-20(10-13-35)11-15-39-24-7-5-21(6-8-24)22-17-23(19-34(4)18-22)32-26-25(31)27(37)36-14-16-41-28(36)33-26/h5-8,14,16,20,22-23,32H,9-13,15,17-19H2,1-4H3/t22-,23+/m0/s1. The summed E-state index contributed by atoms with van der Waals surface area (Å²) in [4.78, 5) is 34.5. The maximum atomic E-state index is 12.7. The number of amides is 1. The number of thiazole rings is 1. The number of hydrogen-bond donors (Lipinski definition) is 1. The molecule has 1 N–H and O–H groups in total. The smallest absolute Gasteiger partial charge is 0.410 e. The Kier molecular flexibility index (Phi) is 9.25. The first kappa shape index (κ1) is 29.8. The van der Waals surface area contributed by atoms with Gasteiger partial charge in [0.1, 0.15) is 21.6 Å². The van der Waals surface area contributed by atoms with Crippen LogP contribution in [-0.2, 0) is 4.74 Å². The van der Waals surface area contributed by atoms with E-state index in [9.17, 15) is 9.59 Å². The summed E-state index contributed by atoms with van der Waals surface area (Å²) in [7, 11) is 2.14. The van der Waals surface area contributed by atoms with Crippen LogP contribution >= 0.6 is 27.3 Å². The van der Waals surface area contributed by atoms with Gasteiger partial charge in [0.25, 0.3) is 5.56 Å². The first-order chi connectivity index (χ1) is 19.6. The van der Waals surface area contributed by atoms with Crippen LogP contribution in [0, 0.1) is 5.92 Å². The highest BCUT2D eigenvalue weighted by molar-refractivity contribution is 9.10. The first-order valence-electron chi connectivity index (χ1n) is 14.4. The fourth-order valence-corrected chi connectivity index (χ4v) is 6.82. The fraction of sp³-hybridized carbons (Fsp3) is 0.567. The Morgan fingerprint density at radius 2 is 1.90 bits per heavy atom. The van der Waals surface area contributed by atoms with Crippen LogP contribution in [0.1, 0.15) is 57.9 Å². The molecule has 0 aliphatic carbocycles. The molecule has 9 nitrogen and oxygen atoms in total. The maximum absolute atomic E-state index is 12.7. The van der Waals surface area contributed by atoms with Crippen LogP contribution in [0.4, 0.5) is 10.6 Å². The molecule has 0 unspecified atom stereocenters. The zero-order valence-electron chi connectivity index (χ0n) is 24.3. The summed E-state index contributed by atoms with van der Waals surface area (Å²) >= 11 is 4.91. The van der Waals surface area contributed by atoms with E-state index < -0.39 is 5.60 Å². The summed E-state index contributed by atoms with van der Waals surface area (Å²) in [6, 6.07) is 8.66. The van der Waals surface area contributed by atoms with Gasteiger partial charge < -0.3 is 24.6 Å². The molecule has 0 spiro atoms. The van der Waals surface area contributed by atoms with E-state index in [4.69, 9.17) is 9.47 Å². The van der Waals surface area contributed by atoms with Crippen LogP contribution in [0.3, 0.4) is 0 Å². The molecule has 2 aliphatic heterocycles. The number of likely N-dealkylation sites (N-methyl/N-ethyl adjacent to an activating group) is 1. The number of nitrogens with one attached hydrogen (secondary N) is 1. The topological polar surface area (TPSA) is 88.4 Å². The Bertz CT molecular complexity index is 1390. The Labute approximate surface area is 254 Å². The van der Waals surface area contributed by atoms with Gasteiger partial charge in [-0.05, 0) is 99.0 Å². The zero-order valence-corrected chi connectivity index (χ0v) is 26.7. The van der Waals surface area contributed by atoms with Gasteiger partial charge in [-0.25, -0.2) is 9.78 Å². The molecule has 0 bridgehead atoms. The van der Waals surface area contributed by atoms with Gasteiger partial charge in [0, 0.05) is 43.8 Å². The van der Waals surface area contributed by atoms with Gasteiger partial charge in [-0.3, -0.25) is 9.20 Å². The molecule has 0 radical (unpaired) electrons. The van der Waals surface area contributed by atoms with Crippen molar-refractivity contribution in [3.05, 3.63) is 56.2 Å². The third-order valence-electron chi connectivity index (χ3n) is 7.80. The minimum absolute atomic E-state index is 0.0960. The van der Waals surface area contributed by atoms with E-state index in [-0.39, 0.29) is 17.7 Å². The van der Waals surface area contributed by atoms with Gasteiger partial charge >= 0.3 is 6.09 Å². The lowest BCUT2D eigenvalue weighted by Gasteiger charge is -2.36. The van der Waals surface area contributed by atoms with Crippen molar-refractivity contribution >= 4 is 44.1 Å². The largest absolute Gasteiger partial charge is 0.494 e. The molecule has 2 aromatic heterocycles. The lowest BCUT2D eigenvalue weighted by atomic mass is 9.88. The molecule has 41 heavy (non-hydrogen) atoms. The number of carbonyl (C=O) groups excluding carboxylic acids is 1. The second kappa shape index (κ2) is 12.7. The number of benzene rings is 1. The lowest BCUT2D eigenvalue weighted by molar-refractivity contribution is 0.0177. The maximum Gasteiger partial charge on any atom is 0.410 e. The highest BCUT2D eigenvalue weighted by Crippen LogP contribution is 2.31. The van der Waals surface area contributed by atoms with E-state index in [1.807, 2.05) is 31.1 Å². The van der Waals surface area contributed by atoms with Crippen molar-refractivity contribution in [3.8, 4) is 5.75 Å². The van der Waals surface area contributed by atoms with Gasteiger partial charge in [-0.2, -0.15) is 0 Å². The molecule has 2 aliphatic rings. The number of likely N-dealkylation sites (tertiary alicyclic amines) is 2. The molecular formula is C30H40BrN5O4S. The third-order valence-corrected chi connectivity index (χ3v) is 9.27. The zero-order chi connectivity index (χ0) is 29.1. The number of hydrogen-bond acceptors (Lipinski definition) is 8. The second-order valence-corrected chi connectivity index (χ2v) is 13.9. The second-order valence-electron chi connectivity index (χ2n) is 12.2. The van der Waals surface area contributed by atoms with Crippen LogP contribution < -0.4 is 15.6 Å². The van der Waals surface area contributed by atoms with Crippen molar-refractivity contribution in [1.82, 2.24) is 19.2 Å². The average molecular weight is 647 g/mol. The number of ether oxygens (including phenoxy) is 2. The minimum Gasteiger partial charge on any atom is -0.494 e. The molecule has 2 saturated heterocycles. The Morgan fingerprint density at radius 3 is 2.61 bits per heavy atom. The number of nitrogens with zero attached hydrogens (tertiary/aromatic N) is 4. The number of aromatic nitrogens is 2. The highest BCUT2D eigenvalue weighted by atomic mass is 79.9. The van der Waals surface area contributed by atoms with E-state index >= 15 is 0 Å². The molecule has 2 atom stereocenters. The molecule has 222 valence electrons. The average Bonchev–Trinajstić information content (AvgIpc) is 3.40. The molecular weight excluding hydrogens is 606 g/mol. The molecule has 0 saturated carbocycles. The molecule has 1 aromatic carbocycles. The molecule has 1 amide bonds. The molecule has 5 rings (SSSR count). The minimum atomic E-state index is -0.459. The summed E-state index contributed by atoms with van der Waals surface area (Å²) < 4.78 is 13.6. The normalized spacial score (nSPS) is 20.8. The Hall–Kier alpha value is -2.63. The van der Waals surface area contributed by atoms with Crippen LogP contribution in [0.2, 0.25) is 0 Å². The van der Waals surface area contributed by atoms with Crippen molar-refractivity contribution in [2.24, 2.45) is 5.92 Å². The van der Waals surface area contributed by atoms with E-state index in [1.54, 1.807) is 10.6 Å². The van der Waals surface area contributed by atoms with Gasteiger partial charge in [0.05, 0.1) is 6.61 Å². The van der Waals surface area contributed by atoms with Crippen molar-refractivity contribution in [3.63, 3.8) is 0 Å². The van der Waals surface area contributed by atoms with Crippen molar-refractivity contribution in [2.75, 3.05) is 45.2 Å². The van der Waals surface area contributed by atoms with Crippen molar-refractivity contribution < 1.29 is 14.3 Å². The summed E-state index contributed by atoms with van der Waals surface area (Å²) in [5.41, 5.74) is 0.728. The number of anilines is 1. The molecule has 11 heteroatoms. The van der Waals surface area contributed by atoms with Crippen LogP contribution in [0.5, 0.6) is 5.75 Å².